The maximum atomic E-state index is 12.8. The smallest absolute Gasteiger partial charge is 0.261 e. The van der Waals surface area contributed by atoms with Crippen molar-refractivity contribution in [1.82, 2.24) is 15.1 Å². The number of rotatable bonds is 7. The lowest BCUT2D eigenvalue weighted by Crippen LogP contribution is -2.41. The molecule has 0 spiro atoms. The molecule has 2 aromatic heterocycles. The molecule has 142 valence electrons. The highest BCUT2D eigenvalue weighted by molar-refractivity contribution is 7.14. The predicted octanol–water partition coefficient (Wildman–Crippen LogP) is 3.32. The highest BCUT2D eigenvalue weighted by atomic mass is 32.1. The Morgan fingerprint density at radius 1 is 1.33 bits per heavy atom. The number of amides is 1. The Hall–Kier alpha value is -2.44. The summed E-state index contributed by atoms with van der Waals surface area (Å²) in [5, 5.41) is 7.35. The third-order valence-electron chi connectivity index (χ3n) is 4.80. The summed E-state index contributed by atoms with van der Waals surface area (Å²) in [6.07, 6.45) is 3.39. The summed E-state index contributed by atoms with van der Waals surface area (Å²) in [6, 6.07) is 12.1. The number of nitrogens with one attached hydrogen (secondary N) is 1. The number of nitrogens with zero attached hydrogens (tertiary/aromatic N) is 2. The number of hydrogen-bond acceptors (Lipinski definition) is 4. The maximum Gasteiger partial charge on any atom is 0.261 e. The monoisotopic (exact) mass is 382 g/mol. The second-order valence-electron chi connectivity index (χ2n) is 6.68. The van der Waals surface area contributed by atoms with E-state index in [-0.39, 0.29) is 11.9 Å². The van der Waals surface area contributed by atoms with E-state index in [2.05, 4.69) is 36.4 Å². The zero-order valence-electron chi connectivity index (χ0n) is 16.0. The van der Waals surface area contributed by atoms with Crippen molar-refractivity contribution in [3.8, 4) is 11.3 Å². The van der Waals surface area contributed by atoms with Gasteiger partial charge in [0.15, 0.2) is 0 Å². The molecule has 0 fully saturated rings. The van der Waals surface area contributed by atoms with Gasteiger partial charge in [-0.25, -0.2) is 0 Å². The minimum Gasteiger partial charge on any atom is -0.347 e. The van der Waals surface area contributed by atoms with Crippen LogP contribution in [0.3, 0.4) is 0 Å². The molecule has 0 aliphatic carbocycles. The van der Waals surface area contributed by atoms with Crippen molar-refractivity contribution >= 4 is 17.2 Å². The summed E-state index contributed by atoms with van der Waals surface area (Å²) >= 11 is 1.54. The molecule has 3 N–H and O–H groups in total. The van der Waals surface area contributed by atoms with Crippen molar-refractivity contribution in [1.29, 1.82) is 0 Å². The van der Waals surface area contributed by atoms with Crippen LogP contribution in [0.15, 0.2) is 42.6 Å². The van der Waals surface area contributed by atoms with Crippen LogP contribution >= 0.6 is 11.3 Å². The lowest BCUT2D eigenvalue weighted by molar-refractivity contribution is 0.0942. The molecule has 1 atom stereocenters. The van der Waals surface area contributed by atoms with Crippen molar-refractivity contribution in [3.63, 3.8) is 0 Å². The highest BCUT2D eigenvalue weighted by Gasteiger charge is 2.19. The highest BCUT2D eigenvalue weighted by Crippen LogP contribution is 2.31. The first-order valence-corrected chi connectivity index (χ1v) is 10.0. The van der Waals surface area contributed by atoms with Gasteiger partial charge in [-0.3, -0.25) is 9.48 Å². The van der Waals surface area contributed by atoms with Gasteiger partial charge in [-0.15, -0.1) is 11.3 Å². The Kier molecular flexibility index (Phi) is 6.08. The summed E-state index contributed by atoms with van der Waals surface area (Å²) in [6.45, 7) is 4.59. The van der Waals surface area contributed by atoms with Crippen molar-refractivity contribution in [2.45, 2.75) is 32.7 Å². The van der Waals surface area contributed by atoms with E-state index in [4.69, 9.17) is 5.73 Å². The van der Waals surface area contributed by atoms with E-state index >= 15 is 0 Å². The summed E-state index contributed by atoms with van der Waals surface area (Å²) in [5.74, 6) is -0.0628. The number of aromatic nitrogens is 2. The normalized spacial score (nSPS) is 12.1. The Morgan fingerprint density at radius 2 is 2.11 bits per heavy atom. The zero-order chi connectivity index (χ0) is 19.4. The van der Waals surface area contributed by atoms with Crippen LogP contribution in [0.4, 0.5) is 0 Å². The van der Waals surface area contributed by atoms with Crippen LogP contribution in [-0.2, 0) is 19.9 Å². The molecule has 0 radical (unpaired) electrons. The lowest BCUT2D eigenvalue weighted by Gasteiger charge is -2.17. The van der Waals surface area contributed by atoms with Crippen LogP contribution in [0.25, 0.3) is 11.3 Å². The molecule has 3 rings (SSSR count). The van der Waals surface area contributed by atoms with Gasteiger partial charge in [0.1, 0.15) is 0 Å². The van der Waals surface area contributed by atoms with Crippen LogP contribution in [0.5, 0.6) is 0 Å². The van der Waals surface area contributed by atoms with E-state index in [1.807, 2.05) is 36.0 Å². The Labute approximate surface area is 164 Å². The summed E-state index contributed by atoms with van der Waals surface area (Å²) in [7, 11) is 1.92. The third kappa shape index (κ3) is 4.28. The first-order valence-electron chi connectivity index (χ1n) is 9.20. The quantitative estimate of drug-likeness (QED) is 0.658. The van der Waals surface area contributed by atoms with Gasteiger partial charge < -0.3 is 11.1 Å². The summed E-state index contributed by atoms with van der Waals surface area (Å²) < 4.78 is 1.84. The van der Waals surface area contributed by atoms with Crippen molar-refractivity contribution in [2.75, 3.05) is 6.54 Å². The Balaban J connectivity index is 1.78. The van der Waals surface area contributed by atoms with Crippen LogP contribution < -0.4 is 11.1 Å². The fraction of sp³-hybridized carbons (Fsp3) is 0.333. The molecule has 6 heteroatoms. The fourth-order valence-electron chi connectivity index (χ4n) is 3.21. The standard InChI is InChI=1S/C21H26N4OS/c1-4-19-17(18-9-10-23-25(18)3)12-20(27-19)21(26)24-16(13-22)11-15-8-6-5-7-14(15)2/h5-10,12,16H,4,11,13,22H2,1-3H3,(H,24,26)/t16-/m0/s1. The molecule has 3 aromatic rings. The molecule has 0 aliphatic heterocycles. The molecule has 0 aliphatic rings. The number of nitrogens with two attached hydrogens (primary N) is 1. The summed E-state index contributed by atoms with van der Waals surface area (Å²) in [4.78, 5) is 14.7. The lowest BCUT2D eigenvalue weighted by atomic mass is 10.0. The Morgan fingerprint density at radius 3 is 2.74 bits per heavy atom. The number of benzene rings is 1. The number of carbonyl (C=O) groups is 1. The molecule has 2 heterocycles. The number of aryl methyl sites for hydroxylation is 3. The van der Waals surface area contributed by atoms with Gasteiger partial charge in [0.05, 0.1) is 10.6 Å². The van der Waals surface area contributed by atoms with E-state index in [1.54, 1.807) is 17.5 Å². The van der Waals surface area contributed by atoms with Gasteiger partial charge in [0, 0.05) is 36.3 Å². The topological polar surface area (TPSA) is 72.9 Å². The zero-order valence-corrected chi connectivity index (χ0v) is 16.8. The SMILES string of the molecule is CCc1sc(C(=O)N[C@H](CN)Cc2ccccc2C)cc1-c1ccnn1C. The molecular weight excluding hydrogens is 356 g/mol. The minimum atomic E-state index is -0.0917. The van der Waals surface area contributed by atoms with Crippen LogP contribution in [0.1, 0.15) is 32.6 Å². The van der Waals surface area contributed by atoms with Gasteiger partial charge in [0.2, 0.25) is 0 Å². The number of carbonyl (C=O) groups excluding carboxylic acids is 1. The fourth-order valence-corrected chi connectivity index (χ4v) is 4.22. The van der Waals surface area contributed by atoms with E-state index < -0.39 is 0 Å². The second-order valence-corrected chi connectivity index (χ2v) is 7.81. The molecule has 1 amide bonds. The third-order valence-corrected chi connectivity index (χ3v) is 6.08. The van der Waals surface area contributed by atoms with Gasteiger partial charge in [-0.1, -0.05) is 31.2 Å². The second kappa shape index (κ2) is 8.50. The molecule has 1 aromatic carbocycles. The summed E-state index contributed by atoms with van der Waals surface area (Å²) in [5.41, 5.74) is 10.5. The molecule has 0 unspecified atom stereocenters. The molecule has 0 saturated carbocycles. The average Bonchev–Trinajstić information content (AvgIpc) is 3.28. The molecule has 5 nitrogen and oxygen atoms in total. The largest absolute Gasteiger partial charge is 0.347 e. The van der Waals surface area contributed by atoms with Crippen LogP contribution in [-0.4, -0.2) is 28.3 Å². The average molecular weight is 383 g/mol. The van der Waals surface area contributed by atoms with Crippen molar-refractivity contribution in [3.05, 3.63) is 63.5 Å². The molecule has 0 bridgehead atoms. The maximum absolute atomic E-state index is 12.8. The van der Waals surface area contributed by atoms with Gasteiger partial charge in [-0.05, 0) is 43.0 Å². The van der Waals surface area contributed by atoms with E-state index in [0.29, 0.717) is 11.4 Å². The first-order chi connectivity index (χ1) is 13.0. The van der Waals surface area contributed by atoms with Crippen molar-refractivity contribution < 1.29 is 4.79 Å². The minimum absolute atomic E-state index is 0.0628. The van der Waals surface area contributed by atoms with E-state index in [9.17, 15) is 4.79 Å². The molecule has 0 saturated heterocycles. The molecule has 27 heavy (non-hydrogen) atoms. The van der Waals surface area contributed by atoms with Gasteiger partial charge >= 0.3 is 0 Å². The molecular formula is C21H26N4OS. The van der Waals surface area contributed by atoms with E-state index in [0.717, 1.165) is 24.1 Å². The van der Waals surface area contributed by atoms with E-state index in [1.165, 1.54) is 16.0 Å². The van der Waals surface area contributed by atoms with Gasteiger partial charge in [-0.2, -0.15) is 5.10 Å². The predicted molar refractivity (Wildman–Crippen MR) is 111 cm³/mol. The first kappa shape index (κ1) is 19.3. The Bertz CT molecular complexity index is 928. The van der Waals surface area contributed by atoms with Crippen molar-refractivity contribution in [2.24, 2.45) is 12.8 Å². The van der Waals surface area contributed by atoms with Crippen LogP contribution in [0, 0.1) is 6.92 Å². The van der Waals surface area contributed by atoms with Crippen LogP contribution in [0.2, 0.25) is 0 Å². The number of thiophene rings is 1. The number of hydrogen-bond donors (Lipinski definition) is 2. The van der Waals surface area contributed by atoms with Gasteiger partial charge in [0.25, 0.3) is 5.91 Å².